The third kappa shape index (κ3) is 2.76. The van der Waals surface area contributed by atoms with Gasteiger partial charge in [0.1, 0.15) is 0 Å². The average Bonchev–Trinajstić information content (AvgIpc) is 2.90. The van der Waals surface area contributed by atoms with Gasteiger partial charge in [0.05, 0.1) is 11.1 Å². The van der Waals surface area contributed by atoms with Crippen LogP contribution in [0.2, 0.25) is 0 Å². The second-order valence-corrected chi connectivity index (χ2v) is 6.50. The zero-order chi connectivity index (χ0) is 16.4. The van der Waals surface area contributed by atoms with Gasteiger partial charge < -0.3 is 15.6 Å². The molecule has 3 N–H and O–H groups in total. The summed E-state index contributed by atoms with van der Waals surface area (Å²) in [6.45, 7) is 6.62. The summed E-state index contributed by atoms with van der Waals surface area (Å²) >= 11 is 0. The standard InChI is InChI=1S/C19H27N3O/c1-3-22-17-13(2)7-4-8-14(17)15-9-5-10-16(18(15)22)19(23)21-12-6-11-20/h5,9-10,13H,3-4,6-8,11-12,20H2,1-2H3,(H,21,23). The number of carbonyl (C=O) groups is 1. The molecule has 23 heavy (non-hydrogen) atoms. The van der Waals surface area contributed by atoms with E-state index in [1.807, 2.05) is 12.1 Å². The molecule has 4 heteroatoms. The van der Waals surface area contributed by atoms with Gasteiger partial charge in [0, 0.05) is 24.2 Å². The number of carbonyl (C=O) groups excluding carboxylic acids is 1. The van der Waals surface area contributed by atoms with Gasteiger partial charge in [-0.15, -0.1) is 0 Å². The fraction of sp³-hybridized carbons (Fsp3) is 0.526. The summed E-state index contributed by atoms with van der Waals surface area (Å²) in [4.78, 5) is 12.6. The van der Waals surface area contributed by atoms with Crippen LogP contribution in [0, 0.1) is 0 Å². The number of fused-ring (bicyclic) bond motifs is 3. The highest BCUT2D eigenvalue weighted by molar-refractivity contribution is 6.07. The number of aryl methyl sites for hydroxylation is 2. The highest BCUT2D eigenvalue weighted by atomic mass is 16.1. The van der Waals surface area contributed by atoms with Gasteiger partial charge in [0.15, 0.2) is 0 Å². The van der Waals surface area contributed by atoms with Crippen molar-refractivity contribution in [1.82, 2.24) is 9.88 Å². The second kappa shape index (κ2) is 6.75. The number of aromatic nitrogens is 1. The van der Waals surface area contributed by atoms with E-state index in [4.69, 9.17) is 5.73 Å². The molecule has 124 valence electrons. The predicted octanol–water partition coefficient (Wildman–Crippen LogP) is 3.18. The molecular formula is C19H27N3O. The summed E-state index contributed by atoms with van der Waals surface area (Å²) in [5.41, 5.74) is 10.3. The number of rotatable bonds is 5. The molecule has 0 radical (unpaired) electrons. The van der Waals surface area contributed by atoms with Crippen molar-refractivity contribution in [3.8, 4) is 0 Å². The molecular weight excluding hydrogens is 286 g/mol. The quantitative estimate of drug-likeness (QED) is 0.833. The lowest BCUT2D eigenvalue weighted by molar-refractivity contribution is 0.0955. The fourth-order valence-electron chi connectivity index (χ4n) is 3.96. The topological polar surface area (TPSA) is 60.0 Å². The molecule has 0 aliphatic heterocycles. The molecule has 1 aromatic heterocycles. The average molecular weight is 313 g/mol. The Balaban J connectivity index is 2.11. The second-order valence-electron chi connectivity index (χ2n) is 6.50. The number of nitrogens with zero attached hydrogens (tertiary/aromatic N) is 1. The number of nitrogens with one attached hydrogen (secondary N) is 1. The van der Waals surface area contributed by atoms with Crippen molar-refractivity contribution in [2.45, 2.75) is 52.0 Å². The van der Waals surface area contributed by atoms with E-state index < -0.39 is 0 Å². The molecule has 1 atom stereocenters. The van der Waals surface area contributed by atoms with Crippen LogP contribution < -0.4 is 11.1 Å². The Kier molecular flexibility index (Phi) is 4.71. The zero-order valence-electron chi connectivity index (χ0n) is 14.2. The minimum Gasteiger partial charge on any atom is -0.352 e. The lowest BCUT2D eigenvalue weighted by Crippen LogP contribution is -2.26. The third-order valence-corrected chi connectivity index (χ3v) is 4.99. The summed E-state index contributed by atoms with van der Waals surface area (Å²) in [5.74, 6) is 0.584. The van der Waals surface area contributed by atoms with Gasteiger partial charge in [-0.1, -0.05) is 19.1 Å². The van der Waals surface area contributed by atoms with Crippen molar-refractivity contribution in [1.29, 1.82) is 0 Å². The van der Waals surface area contributed by atoms with Crippen LogP contribution in [0.3, 0.4) is 0 Å². The van der Waals surface area contributed by atoms with E-state index in [9.17, 15) is 4.79 Å². The maximum atomic E-state index is 12.6. The molecule has 1 heterocycles. The normalized spacial score (nSPS) is 17.3. The van der Waals surface area contributed by atoms with Crippen LogP contribution in [-0.4, -0.2) is 23.6 Å². The minimum atomic E-state index is 0.0150. The Bertz CT molecular complexity index is 717. The van der Waals surface area contributed by atoms with E-state index in [2.05, 4.69) is 29.8 Å². The minimum absolute atomic E-state index is 0.0150. The van der Waals surface area contributed by atoms with Crippen LogP contribution in [0.1, 0.15) is 60.6 Å². The van der Waals surface area contributed by atoms with Gasteiger partial charge in [0.25, 0.3) is 5.91 Å². The van der Waals surface area contributed by atoms with E-state index in [0.717, 1.165) is 30.5 Å². The first-order chi connectivity index (χ1) is 11.2. The van der Waals surface area contributed by atoms with Crippen molar-refractivity contribution in [2.24, 2.45) is 5.73 Å². The Labute approximate surface area is 138 Å². The van der Waals surface area contributed by atoms with Crippen molar-refractivity contribution in [3.05, 3.63) is 35.0 Å². The lowest BCUT2D eigenvalue weighted by atomic mass is 9.88. The summed E-state index contributed by atoms with van der Waals surface area (Å²) in [6.07, 6.45) is 4.41. The summed E-state index contributed by atoms with van der Waals surface area (Å²) in [6, 6.07) is 6.14. The Morgan fingerprint density at radius 1 is 1.43 bits per heavy atom. The Morgan fingerprint density at radius 2 is 2.26 bits per heavy atom. The molecule has 1 aliphatic rings. The van der Waals surface area contributed by atoms with Crippen molar-refractivity contribution in [2.75, 3.05) is 13.1 Å². The molecule has 3 rings (SSSR count). The highest BCUT2D eigenvalue weighted by Gasteiger charge is 2.26. The Hall–Kier alpha value is -1.81. The zero-order valence-corrected chi connectivity index (χ0v) is 14.2. The first-order valence-corrected chi connectivity index (χ1v) is 8.81. The number of para-hydroxylation sites is 1. The van der Waals surface area contributed by atoms with Gasteiger partial charge in [-0.3, -0.25) is 4.79 Å². The van der Waals surface area contributed by atoms with Crippen LogP contribution in [0.4, 0.5) is 0 Å². The van der Waals surface area contributed by atoms with E-state index >= 15 is 0 Å². The molecule has 0 saturated carbocycles. The van der Waals surface area contributed by atoms with E-state index in [0.29, 0.717) is 19.0 Å². The number of hydrogen-bond acceptors (Lipinski definition) is 2. The van der Waals surface area contributed by atoms with Gasteiger partial charge in [0.2, 0.25) is 0 Å². The third-order valence-electron chi connectivity index (χ3n) is 4.99. The van der Waals surface area contributed by atoms with Crippen LogP contribution in [0.25, 0.3) is 10.9 Å². The van der Waals surface area contributed by atoms with Crippen molar-refractivity contribution in [3.63, 3.8) is 0 Å². The van der Waals surface area contributed by atoms with Gasteiger partial charge in [-0.25, -0.2) is 0 Å². The lowest BCUT2D eigenvalue weighted by Gasteiger charge is -2.22. The number of amides is 1. The molecule has 4 nitrogen and oxygen atoms in total. The van der Waals surface area contributed by atoms with E-state index in [-0.39, 0.29) is 5.91 Å². The fourth-order valence-corrected chi connectivity index (χ4v) is 3.96. The smallest absolute Gasteiger partial charge is 0.253 e. The molecule has 0 saturated heterocycles. The SMILES string of the molecule is CCn1c2c(c3cccc(C(=O)NCCCN)c31)CCCC2C. The molecule has 1 unspecified atom stereocenters. The van der Waals surface area contributed by atoms with Crippen LogP contribution in [-0.2, 0) is 13.0 Å². The highest BCUT2D eigenvalue weighted by Crippen LogP contribution is 2.39. The molecule has 0 fully saturated rings. The molecule has 2 aromatic rings. The van der Waals surface area contributed by atoms with Crippen LogP contribution >= 0.6 is 0 Å². The maximum absolute atomic E-state index is 12.6. The van der Waals surface area contributed by atoms with Gasteiger partial charge in [-0.2, -0.15) is 0 Å². The summed E-state index contributed by atoms with van der Waals surface area (Å²) < 4.78 is 2.37. The first-order valence-electron chi connectivity index (χ1n) is 8.81. The largest absolute Gasteiger partial charge is 0.352 e. The van der Waals surface area contributed by atoms with Gasteiger partial charge in [-0.05, 0) is 56.7 Å². The predicted molar refractivity (Wildman–Crippen MR) is 95.0 cm³/mol. The van der Waals surface area contributed by atoms with Gasteiger partial charge >= 0.3 is 0 Å². The monoisotopic (exact) mass is 313 g/mol. The van der Waals surface area contributed by atoms with Crippen molar-refractivity contribution >= 4 is 16.8 Å². The van der Waals surface area contributed by atoms with E-state index in [1.165, 1.54) is 29.5 Å². The number of nitrogens with two attached hydrogens (primary N) is 1. The Morgan fingerprint density at radius 3 is 3.00 bits per heavy atom. The summed E-state index contributed by atoms with van der Waals surface area (Å²) in [7, 11) is 0. The number of benzene rings is 1. The number of hydrogen-bond donors (Lipinski definition) is 2. The molecule has 1 amide bonds. The van der Waals surface area contributed by atoms with E-state index in [1.54, 1.807) is 0 Å². The van der Waals surface area contributed by atoms with Crippen molar-refractivity contribution < 1.29 is 4.79 Å². The summed E-state index contributed by atoms with van der Waals surface area (Å²) in [5, 5.41) is 4.27. The molecule has 0 bridgehead atoms. The first kappa shape index (κ1) is 16.1. The molecule has 0 spiro atoms. The maximum Gasteiger partial charge on any atom is 0.253 e. The van der Waals surface area contributed by atoms with Crippen LogP contribution in [0.15, 0.2) is 18.2 Å². The molecule has 1 aromatic carbocycles. The van der Waals surface area contributed by atoms with Crippen LogP contribution in [0.5, 0.6) is 0 Å². The molecule has 1 aliphatic carbocycles.